The number of amides is 1. The number of aliphatic carboxylic acids is 1. The van der Waals surface area contributed by atoms with Crippen LogP contribution in [-0.2, 0) is 9.59 Å². The van der Waals surface area contributed by atoms with Gasteiger partial charge in [0.2, 0.25) is 5.91 Å². The average molecular weight is 244 g/mol. The molecule has 2 N–H and O–H groups in total. The molecule has 0 rings (SSSR count). The molecule has 0 atom stereocenters. The number of nitrogens with zero attached hydrogens (tertiary/aromatic N) is 1. The van der Waals surface area contributed by atoms with Crippen LogP contribution in [0, 0.1) is 5.41 Å². The van der Waals surface area contributed by atoms with Crippen LogP contribution in [0.3, 0.4) is 0 Å². The summed E-state index contributed by atoms with van der Waals surface area (Å²) in [5, 5.41) is 11.9. The number of carboxylic acid groups (broad SMARTS) is 1. The fourth-order valence-corrected chi connectivity index (χ4v) is 1.67. The molecule has 5 nitrogen and oxygen atoms in total. The molecule has 5 heteroatoms. The molecule has 0 aliphatic heterocycles. The first kappa shape index (κ1) is 15.9. The molecule has 0 aliphatic rings. The lowest BCUT2D eigenvalue weighted by Gasteiger charge is -2.26. The van der Waals surface area contributed by atoms with Gasteiger partial charge in [0.1, 0.15) is 0 Å². The molecule has 0 aromatic rings. The van der Waals surface area contributed by atoms with Crippen LogP contribution in [0.4, 0.5) is 0 Å². The first-order chi connectivity index (χ1) is 7.88. The van der Waals surface area contributed by atoms with Crippen LogP contribution in [-0.4, -0.2) is 49.1 Å². The van der Waals surface area contributed by atoms with E-state index in [1.54, 1.807) is 0 Å². The molecule has 1 amide bonds. The van der Waals surface area contributed by atoms with E-state index in [1.165, 1.54) is 0 Å². The van der Waals surface area contributed by atoms with E-state index in [2.05, 4.69) is 5.32 Å². The summed E-state index contributed by atoms with van der Waals surface area (Å²) >= 11 is 0. The van der Waals surface area contributed by atoms with E-state index in [-0.39, 0.29) is 12.3 Å². The van der Waals surface area contributed by atoms with E-state index in [0.717, 1.165) is 6.54 Å². The van der Waals surface area contributed by atoms with Crippen LogP contribution in [0.5, 0.6) is 0 Å². The van der Waals surface area contributed by atoms with Crippen molar-refractivity contribution in [3.8, 4) is 0 Å². The van der Waals surface area contributed by atoms with Crippen LogP contribution < -0.4 is 5.32 Å². The monoisotopic (exact) mass is 244 g/mol. The predicted molar refractivity (Wildman–Crippen MR) is 66.8 cm³/mol. The molecule has 0 unspecified atom stereocenters. The molecule has 0 aliphatic carbocycles. The molecule has 0 heterocycles. The summed E-state index contributed by atoms with van der Waals surface area (Å²) in [6.45, 7) is 4.93. The maximum atomic E-state index is 11.7. The largest absolute Gasteiger partial charge is 0.481 e. The Hall–Kier alpha value is -1.10. The molecular weight excluding hydrogens is 220 g/mol. The number of carbonyl (C=O) groups is 2. The number of carboxylic acids is 1. The second-order valence-electron chi connectivity index (χ2n) is 4.62. The molecule has 0 saturated heterocycles. The van der Waals surface area contributed by atoms with Crippen LogP contribution in [0.15, 0.2) is 0 Å². The lowest BCUT2D eigenvalue weighted by Crippen LogP contribution is -2.38. The van der Waals surface area contributed by atoms with Gasteiger partial charge in [0, 0.05) is 19.5 Å². The van der Waals surface area contributed by atoms with Crippen molar-refractivity contribution in [1.82, 2.24) is 10.2 Å². The van der Waals surface area contributed by atoms with Gasteiger partial charge in [-0.25, -0.2) is 0 Å². The summed E-state index contributed by atoms with van der Waals surface area (Å²) in [7, 11) is 3.84. The minimum absolute atomic E-state index is 0.0583. The van der Waals surface area contributed by atoms with Gasteiger partial charge in [0.15, 0.2) is 0 Å². The molecule has 0 saturated carbocycles. The Kier molecular flexibility index (Phi) is 6.80. The first-order valence-electron chi connectivity index (χ1n) is 6.02. The third-order valence-electron chi connectivity index (χ3n) is 3.19. The van der Waals surface area contributed by atoms with Gasteiger partial charge in [-0.2, -0.15) is 0 Å². The molecule has 0 aromatic carbocycles. The van der Waals surface area contributed by atoms with Gasteiger partial charge in [-0.1, -0.05) is 13.8 Å². The summed E-state index contributed by atoms with van der Waals surface area (Å²) in [6.07, 6.45) is 1.00. The summed E-state index contributed by atoms with van der Waals surface area (Å²) < 4.78 is 0. The minimum Gasteiger partial charge on any atom is -0.481 e. The van der Waals surface area contributed by atoms with Crippen molar-refractivity contribution >= 4 is 11.9 Å². The number of rotatable bonds is 8. The molecule has 0 spiro atoms. The van der Waals surface area contributed by atoms with Crippen molar-refractivity contribution < 1.29 is 14.7 Å². The number of likely N-dealkylation sites (N-methyl/N-ethyl adjacent to an activating group) is 1. The standard InChI is InChI=1S/C12H24N2O3/c1-5-12(6-2,11(16)17)9-10(15)13-7-8-14(3)4/h5-9H2,1-4H3,(H,13,15)(H,16,17). The van der Waals surface area contributed by atoms with Gasteiger partial charge in [0.25, 0.3) is 0 Å². The van der Waals surface area contributed by atoms with Crippen LogP contribution in [0.1, 0.15) is 33.1 Å². The average Bonchev–Trinajstić information content (AvgIpc) is 2.25. The summed E-state index contributed by atoms with van der Waals surface area (Å²) in [5.41, 5.74) is -0.914. The van der Waals surface area contributed by atoms with Crippen molar-refractivity contribution in [2.75, 3.05) is 27.2 Å². The highest BCUT2D eigenvalue weighted by Gasteiger charge is 2.36. The van der Waals surface area contributed by atoms with Gasteiger partial charge < -0.3 is 15.3 Å². The Morgan fingerprint density at radius 1 is 1.24 bits per heavy atom. The van der Waals surface area contributed by atoms with Crippen LogP contribution in [0.2, 0.25) is 0 Å². The third-order valence-corrected chi connectivity index (χ3v) is 3.19. The summed E-state index contributed by atoms with van der Waals surface area (Å²) in [5.74, 6) is -1.07. The van der Waals surface area contributed by atoms with Gasteiger partial charge in [-0.15, -0.1) is 0 Å². The van der Waals surface area contributed by atoms with Gasteiger partial charge in [-0.05, 0) is 26.9 Å². The number of carbonyl (C=O) groups excluding carboxylic acids is 1. The second kappa shape index (κ2) is 7.27. The Morgan fingerprint density at radius 3 is 2.12 bits per heavy atom. The Balaban J connectivity index is 4.28. The minimum atomic E-state index is -0.914. The molecular formula is C12H24N2O3. The molecule has 100 valence electrons. The van der Waals surface area contributed by atoms with E-state index in [0.29, 0.717) is 19.4 Å². The van der Waals surface area contributed by atoms with Crippen LogP contribution >= 0.6 is 0 Å². The Morgan fingerprint density at radius 2 is 1.76 bits per heavy atom. The lowest BCUT2D eigenvalue weighted by molar-refractivity contribution is -0.152. The van der Waals surface area contributed by atoms with Crippen LogP contribution in [0.25, 0.3) is 0 Å². The topological polar surface area (TPSA) is 69.6 Å². The highest BCUT2D eigenvalue weighted by Crippen LogP contribution is 2.30. The Bertz CT molecular complexity index is 260. The van der Waals surface area contributed by atoms with E-state index in [9.17, 15) is 14.7 Å². The number of hydrogen-bond acceptors (Lipinski definition) is 3. The molecule has 0 fully saturated rings. The van der Waals surface area contributed by atoms with Crippen molar-refractivity contribution in [3.05, 3.63) is 0 Å². The van der Waals surface area contributed by atoms with E-state index in [1.807, 2.05) is 32.8 Å². The third kappa shape index (κ3) is 5.17. The van der Waals surface area contributed by atoms with E-state index >= 15 is 0 Å². The van der Waals surface area contributed by atoms with Crippen molar-refractivity contribution in [2.45, 2.75) is 33.1 Å². The normalized spacial score (nSPS) is 11.6. The fourth-order valence-electron chi connectivity index (χ4n) is 1.67. The van der Waals surface area contributed by atoms with E-state index in [4.69, 9.17) is 0 Å². The number of nitrogens with one attached hydrogen (secondary N) is 1. The second-order valence-corrected chi connectivity index (χ2v) is 4.62. The van der Waals surface area contributed by atoms with Gasteiger partial charge in [-0.3, -0.25) is 9.59 Å². The Labute approximate surface area is 103 Å². The van der Waals surface area contributed by atoms with E-state index < -0.39 is 11.4 Å². The van der Waals surface area contributed by atoms with Crippen molar-refractivity contribution in [3.63, 3.8) is 0 Å². The summed E-state index contributed by atoms with van der Waals surface area (Å²) in [6, 6.07) is 0. The quantitative estimate of drug-likeness (QED) is 0.667. The highest BCUT2D eigenvalue weighted by molar-refractivity contribution is 5.84. The van der Waals surface area contributed by atoms with Gasteiger partial charge >= 0.3 is 5.97 Å². The predicted octanol–water partition coefficient (Wildman–Crippen LogP) is 0.945. The van der Waals surface area contributed by atoms with Crippen molar-refractivity contribution in [2.24, 2.45) is 5.41 Å². The zero-order valence-corrected chi connectivity index (χ0v) is 11.2. The van der Waals surface area contributed by atoms with Gasteiger partial charge in [0.05, 0.1) is 5.41 Å². The lowest BCUT2D eigenvalue weighted by atomic mass is 9.79. The first-order valence-corrected chi connectivity index (χ1v) is 6.02. The molecule has 0 aromatic heterocycles. The zero-order chi connectivity index (χ0) is 13.5. The fraction of sp³-hybridized carbons (Fsp3) is 0.833. The molecule has 0 radical (unpaired) electrons. The smallest absolute Gasteiger partial charge is 0.310 e. The molecule has 17 heavy (non-hydrogen) atoms. The number of hydrogen-bond donors (Lipinski definition) is 2. The summed E-state index contributed by atoms with van der Waals surface area (Å²) in [4.78, 5) is 24.8. The maximum Gasteiger partial charge on any atom is 0.310 e. The zero-order valence-electron chi connectivity index (χ0n) is 11.2. The molecule has 0 bridgehead atoms. The SMILES string of the molecule is CCC(CC)(CC(=O)NCCN(C)C)C(=O)O. The maximum absolute atomic E-state index is 11.7. The van der Waals surface area contributed by atoms with Crippen molar-refractivity contribution in [1.29, 1.82) is 0 Å². The highest BCUT2D eigenvalue weighted by atomic mass is 16.4.